The quantitative estimate of drug-likeness (QED) is 0.0336. The number of nitrogens with two attached hydrogens (primary N) is 1. The van der Waals surface area contributed by atoms with Gasteiger partial charge in [0.15, 0.2) is 0 Å². The molecular formula is C55H74N10O17. The number of benzene rings is 3. The monoisotopic (exact) mass is 1150 g/mol. The first-order valence-corrected chi connectivity index (χ1v) is 26.3. The van der Waals surface area contributed by atoms with Crippen LogP contribution in [-0.4, -0.2) is 158 Å². The number of rotatable bonds is 34. The SMILES string of the molecule is CC[C@H](C)[C@H](NC(=O)[C@@H](NC(=O)[C@H](Cc1ccccc1)NC(=O)[C@H](Cc1ccccc1)NC(=O)O)C(C)C)C(=O)N[C@@H](CCC(=O)O)C(=O)N[C@@H](CCC(=O)O)C(=O)N[C@@H](Cc1ccc(O)cc1)C(=O)N[C@H](C(=O)NCC(N)=O)[C@@H](C)O. The van der Waals surface area contributed by atoms with Crippen LogP contribution >= 0.6 is 0 Å². The Bertz CT molecular complexity index is 2700. The second-order valence-electron chi connectivity index (χ2n) is 19.9. The van der Waals surface area contributed by atoms with Gasteiger partial charge in [-0.15, -0.1) is 0 Å². The summed E-state index contributed by atoms with van der Waals surface area (Å²) in [6.07, 6.45) is -6.12. The molecule has 0 aliphatic carbocycles. The summed E-state index contributed by atoms with van der Waals surface area (Å²) in [4.78, 5) is 159. The molecule has 0 saturated heterocycles. The molecule has 3 aromatic carbocycles. The van der Waals surface area contributed by atoms with Gasteiger partial charge in [-0.1, -0.05) is 107 Å². The van der Waals surface area contributed by atoms with Gasteiger partial charge in [-0.3, -0.25) is 52.7 Å². The van der Waals surface area contributed by atoms with Crippen LogP contribution in [0.2, 0.25) is 0 Å². The maximum Gasteiger partial charge on any atom is 0.405 e. The third-order valence-electron chi connectivity index (χ3n) is 12.9. The highest BCUT2D eigenvalue weighted by molar-refractivity contribution is 5.99. The molecule has 0 heterocycles. The van der Waals surface area contributed by atoms with Gasteiger partial charge in [0.2, 0.25) is 53.2 Å². The molecular weight excluding hydrogens is 1070 g/mol. The molecule has 0 bridgehead atoms. The number of phenols is 1. The molecule has 0 aromatic heterocycles. The normalized spacial score (nSPS) is 14.6. The van der Waals surface area contributed by atoms with Crippen molar-refractivity contribution in [1.29, 1.82) is 0 Å². The lowest BCUT2D eigenvalue weighted by Crippen LogP contribution is -2.62. The van der Waals surface area contributed by atoms with E-state index in [9.17, 15) is 83.1 Å². The number of carboxylic acids is 2. The van der Waals surface area contributed by atoms with Crippen molar-refractivity contribution in [2.75, 3.05) is 6.54 Å². The van der Waals surface area contributed by atoms with Gasteiger partial charge in [-0.05, 0) is 60.4 Å². The summed E-state index contributed by atoms with van der Waals surface area (Å²) in [6.45, 7) is 6.92. The zero-order valence-electron chi connectivity index (χ0n) is 46.0. The third-order valence-corrected chi connectivity index (χ3v) is 12.9. The number of carbonyl (C=O) groups is 12. The Hall–Kier alpha value is -9.14. The Morgan fingerprint density at radius 3 is 1.22 bits per heavy atom. The van der Waals surface area contributed by atoms with Crippen LogP contribution in [0.25, 0.3) is 0 Å². The molecule has 82 heavy (non-hydrogen) atoms. The van der Waals surface area contributed by atoms with Gasteiger partial charge in [0.05, 0.1) is 12.6 Å². The summed E-state index contributed by atoms with van der Waals surface area (Å²) in [5.41, 5.74) is 6.65. The van der Waals surface area contributed by atoms with Crippen LogP contribution in [0.1, 0.15) is 83.4 Å². The Morgan fingerprint density at radius 2 is 0.817 bits per heavy atom. The lowest BCUT2D eigenvalue weighted by molar-refractivity contribution is -0.140. The Labute approximate surface area is 472 Å². The molecule has 0 unspecified atom stereocenters. The van der Waals surface area contributed by atoms with E-state index in [1.165, 1.54) is 24.3 Å². The van der Waals surface area contributed by atoms with E-state index < -0.39 is 170 Å². The van der Waals surface area contributed by atoms with Crippen LogP contribution in [0.4, 0.5) is 4.79 Å². The number of nitrogens with one attached hydrogen (secondary N) is 9. The Balaban J connectivity index is 1.94. The molecule has 10 atom stereocenters. The number of carboxylic acid groups (broad SMARTS) is 3. The number of primary amides is 1. The largest absolute Gasteiger partial charge is 0.508 e. The van der Waals surface area contributed by atoms with Gasteiger partial charge in [-0.25, -0.2) is 4.79 Å². The molecule has 0 fully saturated rings. The number of aliphatic carboxylic acids is 2. The number of hydrogen-bond donors (Lipinski definition) is 15. The van der Waals surface area contributed by atoms with Crippen LogP contribution in [0.3, 0.4) is 0 Å². The van der Waals surface area contributed by atoms with Crippen molar-refractivity contribution in [1.82, 2.24) is 47.9 Å². The van der Waals surface area contributed by atoms with Gasteiger partial charge in [0.1, 0.15) is 54.1 Å². The summed E-state index contributed by atoms with van der Waals surface area (Å²) in [6, 6.07) is 9.81. The first kappa shape index (κ1) is 67.1. The summed E-state index contributed by atoms with van der Waals surface area (Å²) >= 11 is 0. The third kappa shape index (κ3) is 23.3. The highest BCUT2D eigenvalue weighted by Crippen LogP contribution is 2.16. The van der Waals surface area contributed by atoms with Crippen LogP contribution in [0.5, 0.6) is 5.75 Å². The molecule has 3 aromatic rings. The molecule has 0 saturated carbocycles. The van der Waals surface area contributed by atoms with Crippen molar-refractivity contribution in [2.24, 2.45) is 17.6 Å². The summed E-state index contributed by atoms with van der Waals surface area (Å²) < 4.78 is 0. The molecule has 446 valence electrons. The zero-order valence-corrected chi connectivity index (χ0v) is 46.0. The molecule has 27 nitrogen and oxygen atoms in total. The molecule has 0 aliphatic heterocycles. The van der Waals surface area contributed by atoms with Gasteiger partial charge in [0.25, 0.3) is 0 Å². The van der Waals surface area contributed by atoms with Crippen molar-refractivity contribution < 1.29 is 83.1 Å². The van der Waals surface area contributed by atoms with Gasteiger partial charge >= 0.3 is 18.0 Å². The number of aromatic hydroxyl groups is 1. The fourth-order valence-corrected chi connectivity index (χ4v) is 8.17. The van der Waals surface area contributed by atoms with Gasteiger partial charge < -0.3 is 79.1 Å². The minimum Gasteiger partial charge on any atom is -0.508 e. The number of phenolic OH excluding ortho intramolecular Hbond substituents is 1. The van der Waals surface area contributed by atoms with E-state index in [0.717, 1.165) is 6.92 Å². The highest BCUT2D eigenvalue weighted by Gasteiger charge is 2.37. The maximum absolute atomic E-state index is 14.3. The van der Waals surface area contributed by atoms with Crippen molar-refractivity contribution in [3.05, 3.63) is 102 Å². The van der Waals surface area contributed by atoms with E-state index in [-0.39, 0.29) is 31.4 Å². The lowest BCUT2D eigenvalue weighted by atomic mass is 9.95. The Kier molecular flexibility index (Phi) is 27.4. The first-order chi connectivity index (χ1) is 38.7. The van der Waals surface area contributed by atoms with Crippen molar-refractivity contribution >= 4 is 71.2 Å². The minimum atomic E-state index is -1.81. The average molecular weight is 1150 g/mol. The molecule has 3 rings (SSSR count). The average Bonchev–Trinajstić information content (AvgIpc) is 3.46. The van der Waals surface area contributed by atoms with Crippen LogP contribution in [0, 0.1) is 11.8 Å². The van der Waals surface area contributed by atoms with Crippen LogP contribution in [-0.2, 0) is 72.0 Å². The molecule has 27 heteroatoms. The molecule has 0 radical (unpaired) electrons. The van der Waals surface area contributed by atoms with Gasteiger partial charge in [-0.2, -0.15) is 0 Å². The predicted octanol–water partition coefficient (Wildman–Crippen LogP) is -1.14. The van der Waals surface area contributed by atoms with E-state index in [1.54, 1.807) is 88.4 Å². The fourth-order valence-electron chi connectivity index (χ4n) is 8.17. The second kappa shape index (κ2) is 33.4. The lowest BCUT2D eigenvalue weighted by Gasteiger charge is -2.31. The zero-order chi connectivity index (χ0) is 61.2. The van der Waals surface area contributed by atoms with Crippen LogP contribution in [0.15, 0.2) is 84.9 Å². The topological polar surface area (TPSA) is 440 Å². The van der Waals surface area contributed by atoms with E-state index in [1.807, 2.05) is 0 Å². The Morgan fingerprint density at radius 1 is 0.451 bits per heavy atom. The first-order valence-electron chi connectivity index (χ1n) is 26.3. The van der Waals surface area contributed by atoms with Crippen molar-refractivity contribution in [2.45, 2.75) is 140 Å². The standard InChI is InChI=1S/C55H74N10O17/c1-6-30(4)45(64-53(79)44(29(2)3)63-50(76)38(25-32-13-9-7-10-14-32)61-49(75)40(62-55(81)82)26-33-15-11-8-12-16-33)54(80)59-37(22-24-43(71)72)47(73)58-36(21-23-42(69)70)48(74)60-39(27-34-17-19-35(67)20-18-34)51(77)65-46(31(5)66)52(78)57-28-41(56)68/h7-20,29-31,36-40,44-46,62,66-67H,6,21-28H2,1-5H3,(H2,56,68)(H,57,78)(H,58,73)(H,59,80)(H,60,74)(H,61,75)(H,63,76)(H,64,79)(H,65,77)(H,69,70)(H,71,72)(H,81,82)/t30-,31+,36-,37-,38-,39-,40-,44-,45-,46-/m0/s1. The van der Waals surface area contributed by atoms with Gasteiger partial charge in [0, 0.05) is 32.1 Å². The van der Waals surface area contributed by atoms with Crippen molar-refractivity contribution in [3.8, 4) is 5.75 Å². The fraction of sp³-hybridized carbons (Fsp3) is 0.455. The summed E-state index contributed by atoms with van der Waals surface area (Å²) in [5, 5.41) is 70.9. The number of carbonyl (C=O) groups excluding carboxylic acids is 9. The number of amides is 10. The molecule has 0 aliphatic rings. The summed E-state index contributed by atoms with van der Waals surface area (Å²) in [5.74, 6) is -13.4. The number of hydrogen-bond acceptors (Lipinski definition) is 14. The number of aliphatic hydroxyl groups is 1. The molecule has 10 amide bonds. The summed E-state index contributed by atoms with van der Waals surface area (Å²) in [7, 11) is 0. The minimum absolute atomic E-state index is 0.0724. The van der Waals surface area contributed by atoms with E-state index in [4.69, 9.17) is 5.73 Å². The molecule has 16 N–H and O–H groups in total. The number of aliphatic hydroxyl groups excluding tert-OH is 1. The smallest absolute Gasteiger partial charge is 0.405 e. The van der Waals surface area contributed by atoms with E-state index in [0.29, 0.717) is 16.7 Å². The molecule has 0 spiro atoms. The second-order valence-corrected chi connectivity index (χ2v) is 19.9. The van der Waals surface area contributed by atoms with Crippen LogP contribution < -0.4 is 53.6 Å². The predicted molar refractivity (Wildman–Crippen MR) is 292 cm³/mol. The van der Waals surface area contributed by atoms with E-state index >= 15 is 0 Å². The van der Waals surface area contributed by atoms with E-state index in [2.05, 4.69) is 47.9 Å². The van der Waals surface area contributed by atoms with Crippen molar-refractivity contribution in [3.63, 3.8) is 0 Å². The maximum atomic E-state index is 14.3. The highest BCUT2D eigenvalue weighted by atomic mass is 16.4.